The zero-order chi connectivity index (χ0) is 14.4. The van der Waals surface area contributed by atoms with Gasteiger partial charge in [-0.2, -0.15) is 4.98 Å². The molecule has 0 atom stereocenters. The third-order valence-electron chi connectivity index (χ3n) is 2.56. The summed E-state index contributed by atoms with van der Waals surface area (Å²) in [5.74, 6) is 3.14. The predicted molar refractivity (Wildman–Crippen MR) is 75.4 cm³/mol. The normalized spacial score (nSPS) is 10.2. The third-order valence-corrected chi connectivity index (χ3v) is 2.56. The first-order chi connectivity index (χ1) is 9.75. The Morgan fingerprint density at radius 3 is 2.35 bits per heavy atom. The van der Waals surface area contributed by atoms with Crippen molar-refractivity contribution in [2.24, 2.45) is 0 Å². The maximum absolute atomic E-state index is 5.71. The van der Waals surface area contributed by atoms with Crippen molar-refractivity contribution in [3.63, 3.8) is 0 Å². The summed E-state index contributed by atoms with van der Waals surface area (Å²) in [6.45, 7) is 0.328. The lowest BCUT2D eigenvalue weighted by molar-refractivity contribution is 0.177. The van der Waals surface area contributed by atoms with Crippen molar-refractivity contribution >= 4 is 5.82 Å². The van der Waals surface area contributed by atoms with Crippen LogP contribution in [0.4, 0.5) is 5.82 Å². The minimum absolute atomic E-state index is 0.328. The molecule has 0 amide bonds. The van der Waals surface area contributed by atoms with E-state index in [9.17, 15) is 0 Å². The molecule has 106 valence electrons. The molecule has 6 nitrogen and oxygen atoms in total. The Morgan fingerprint density at radius 2 is 1.75 bits per heavy atom. The van der Waals surface area contributed by atoms with Crippen LogP contribution in [0.2, 0.25) is 0 Å². The lowest BCUT2D eigenvalue weighted by Gasteiger charge is -2.09. The summed E-state index contributed by atoms with van der Waals surface area (Å²) in [6.07, 6.45) is 0. The Labute approximate surface area is 117 Å². The SMILES string of the molecule is CNc1cc(Oc2ccc(OC)cc2)nc(COC)n1. The van der Waals surface area contributed by atoms with E-state index in [-0.39, 0.29) is 0 Å². The average molecular weight is 275 g/mol. The first-order valence-corrected chi connectivity index (χ1v) is 6.11. The second-order valence-electron chi connectivity index (χ2n) is 3.97. The van der Waals surface area contributed by atoms with Gasteiger partial charge < -0.3 is 19.5 Å². The van der Waals surface area contributed by atoms with Gasteiger partial charge in [-0.1, -0.05) is 0 Å². The second kappa shape index (κ2) is 6.72. The molecule has 0 unspecified atom stereocenters. The summed E-state index contributed by atoms with van der Waals surface area (Å²) in [4.78, 5) is 8.54. The van der Waals surface area contributed by atoms with Gasteiger partial charge in [-0.25, -0.2) is 4.98 Å². The molecule has 1 heterocycles. The van der Waals surface area contributed by atoms with Gasteiger partial charge in [-0.05, 0) is 24.3 Å². The highest BCUT2D eigenvalue weighted by Gasteiger charge is 2.06. The zero-order valence-electron chi connectivity index (χ0n) is 11.7. The van der Waals surface area contributed by atoms with Gasteiger partial charge in [0.15, 0.2) is 5.82 Å². The molecule has 0 spiro atoms. The number of hydrogen-bond acceptors (Lipinski definition) is 6. The van der Waals surface area contributed by atoms with Gasteiger partial charge in [-0.15, -0.1) is 0 Å². The number of nitrogens with one attached hydrogen (secondary N) is 1. The molecule has 20 heavy (non-hydrogen) atoms. The maximum atomic E-state index is 5.71. The molecule has 0 saturated carbocycles. The number of nitrogens with zero attached hydrogens (tertiary/aromatic N) is 2. The number of benzene rings is 1. The van der Waals surface area contributed by atoms with E-state index in [1.807, 2.05) is 24.3 Å². The quantitative estimate of drug-likeness (QED) is 0.873. The zero-order valence-corrected chi connectivity index (χ0v) is 11.7. The van der Waals surface area contributed by atoms with Crippen molar-refractivity contribution in [2.45, 2.75) is 6.61 Å². The number of anilines is 1. The first kappa shape index (κ1) is 14.1. The second-order valence-corrected chi connectivity index (χ2v) is 3.97. The van der Waals surface area contributed by atoms with Crippen molar-refractivity contribution in [1.82, 2.24) is 9.97 Å². The fraction of sp³-hybridized carbons (Fsp3) is 0.286. The molecule has 0 radical (unpaired) electrons. The standard InChI is InChI=1S/C14H17N3O3/c1-15-12-8-14(17-13(16-12)9-18-2)20-11-6-4-10(19-3)5-7-11/h4-8H,9H2,1-3H3,(H,15,16,17). The molecular weight excluding hydrogens is 258 g/mol. The van der Waals surface area contributed by atoms with E-state index < -0.39 is 0 Å². The van der Waals surface area contributed by atoms with E-state index >= 15 is 0 Å². The van der Waals surface area contributed by atoms with Crippen LogP contribution < -0.4 is 14.8 Å². The van der Waals surface area contributed by atoms with Gasteiger partial charge >= 0.3 is 0 Å². The monoisotopic (exact) mass is 275 g/mol. The molecule has 2 rings (SSSR count). The van der Waals surface area contributed by atoms with E-state index in [0.29, 0.717) is 29.9 Å². The highest BCUT2D eigenvalue weighted by Crippen LogP contribution is 2.23. The summed E-state index contributed by atoms with van der Waals surface area (Å²) in [6, 6.07) is 9.01. The van der Waals surface area contributed by atoms with E-state index in [2.05, 4.69) is 15.3 Å². The molecule has 0 aliphatic carbocycles. The molecule has 0 fully saturated rings. The topological polar surface area (TPSA) is 65.5 Å². The van der Waals surface area contributed by atoms with Crippen LogP contribution in [0.3, 0.4) is 0 Å². The van der Waals surface area contributed by atoms with Crippen molar-refractivity contribution in [1.29, 1.82) is 0 Å². The van der Waals surface area contributed by atoms with Crippen LogP contribution >= 0.6 is 0 Å². The van der Waals surface area contributed by atoms with Crippen LogP contribution in [0, 0.1) is 0 Å². The van der Waals surface area contributed by atoms with Gasteiger partial charge in [0.05, 0.1) is 7.11 Å². The highest BCUT2D eigenvalue weighted by molar-refractivity contribution is 5.40. The lowest BCUT2D eigenvalue weighted by Crippen LogP contribution is -2.02. The number of hydrogen-bond donors (Lipinski definition) is 1. The molecule has 2 aromatic rings. The Bertz CT molecular complexity index is 558. The summed E-state index contributed by atoms with van der Waals surface area (Å²) in [5, 5.41) is 2.96. The van der Waals surface area contributed by atoms with Crippen LogP contribution in [0.25, 0.3) is 0 Å². The van der Waals surface area contributed by atoms with Crippen molar-refractivity contribution in [3.05, 3.63) is 36.2 Å². The summed E-state index contributed by atoms with van der Waals surface area (Å²) in [7, 11) is 5.01. The largest absolute Gasteiger partial charge is 0.497 e. The minimum Gasteiger partial charge on any atom is -0.497 e. The Kier molecular flexibility index (Phi) is 4.73. The number of methoxy groups -OCH3 is 2. The third kappa shape index (κ3) is 3.58. The van der Waals surface area contributed by atoms with Gasteiger partial charge in [-0.3, -0.25) is 0 Å². The smallest absolute Gasteiger partial charge is 0.224 e. The van der Waals surface area contributed by atoms with Crippen LogP contribution in [-0.2, 0) is 11.3 Å². The summed E-state index contributed by atoms with van der Waals surface area (Å²) in [5.41, 5.74) is 0. The molecule has 1 aromatic carbocycles. The fourth-order valence-corrected chi connectivity index (χ4v) is 1.61. The number of aromatic nitrogens is 2. The summed E-state index contributed by atoms with van der Waals surface area (Å²) >= 11 is 0. The Morgan fingerprint density at radius 1 is 1.05 bits per heavy atom. The molecule has 1 N–H and O–H groups in total. The Hall–Kier alpha value is -2.34. The van der Waals surface area contributed by atoms with Crippen LogP contribution in [0.1, 0.15) is 5.82 Å². The van der Waals surface area contributed by atoms with E-state index in [4.69, 9.17) is 14.2 Å². The minimum atomic E-state index is 0.328. The van der Waals surface area contributed by atoms with E-state index in [1.165, 1.54) is 0 Å². The molecule has 0 saturated heterocycles. The molecule has 1 aromatic heterocycles. The van der Waals surface area contributed by atoms with Gasteiger partial charge in [0, 0.05) is 20.2 Å². The summed E-state index contributed by atoms with van der Waals surface area (Å²) < 4.78 is 15.8. The van der Waals surface area contributed by atoms with Gasteiger partial charge in [0.2, 0.25) is 5.88 Å². The molecule has 6 heteroatoms. The van der Waals surface area contributed by atoms with Gasteiger partial charge in [0.1, 0.15) is 23.9 Å². The number of rotatable bonds is 6. The molecular formula is C14H17N3O3. The maximum Gasteiger partial charge on any atom is 0.224 e. The highest BCUT2D eigenvalue weighted by atomic mass is 16.5. The van der Waals surface area contributed by atoms with Crippen LogP contribution in [0.15, 0.2) is 30.3 Å². The van der Waals surface area contributed by atoms with Crippen molar-refractivity contribution in [2.75, 3.05) is 26.6 Å². The van der Waals surface area contributed by atoms with Crippen molar-refractivity contribution < 1.29 is 14.2 Å². The van der Waals surface area contributed by atoms with Crippen LogP contribution in [-0.4, -0.2) is 31.2 Å². The lowest BCUT2D eigenvalue weighted by atomic mass is 10.3. The average Bonchev–Trinajstić information content (AvgIpc) is 2.48. The van der Waals surface area contributed by atoms with Crippen LogP contribution in [0.5, 0.6) is 17.4 Å². The Balaban J connectivity index is 2.20. The number of ether oxygens (including phenoxy) is 3. The van der Waals surface area contributed by atoms with E-state index in [1.54, 1.807) is 27.3 Å². The first-order valence-electron chi connectivity index (χ1n) is 6.11. The molecule has 0 aliphatic rings. The fourth-order valence-electron chi connectivity index (χ4n) is 1.61. The van der Waals surface area contributed by atoms with Crippen molar-refractivity contribution in [3.8, 4) is 17.4 Å². The predicted octanol–water partition coefficient (Wildman–Crippen LogP) is 2.47. The molecule has 0 bridgehead atoms. The van der Waals surface area contributed by atoms with E-state index in [0.717, 1.165) is 5.75 Å². The molecule has 0 aliphatic heterocycles. The van der Waals surface area contributed by atoms with Gasteiger partial charge in [0.25, 0.3) is 0 Å².